The van der Waals surface area contributed by atoms with Gasteiger partial charge in [0, 0.05) is 37.7 Å². The summed E-state index contributed by atoms with van der Waals surface area (Å²) in [7, 11) is 0. The Bertz CT molecular complexity index is 690. The zero-order chi connectivity index (χ0) is 20.3. The predicted molar refractivity (Wildman–Crippen MR) is 98.4 cm³/mol. The number of benzene rings is 1. The van der Waals surface area contributed by atoms with Crippen LogP contribution >= 0.6 is 0 Å². The van der Waals surface area contributed by atoms with Crippen molar-refractivity contribution in [1.29, 1.82) is 0 Å². The molecule has 2 aliphatic rings. The van der Waals surface area contributed by atoms with Crippen molar-refractivity contribution >= 4 is 11.8 Å². The van der Waals surface area contributed by atoms with Crippen molar-refractivity contribution in [2.24, 2.45) is 17.6 Å². The van der Waals surface area contributed by atoms with Crippen molar-refractivity contribution < 1.29 is 22.8 Å². The van der Waals surface area contributed by atoms with Gasteiger partial charge in [-0.2, -0.15) is 13.2 Å². The predicted octanol–water partition coefficient (Wildman–Crippen LogP) is 2.75. The van der Waals surface area contributed by atoms with Gasteiger partial charge in [0.25, 0.3) is 5.91 Å². The minimum absolute atomic E-state index is 0.0416. The Balaban J connectivity index is 1.52. The largest absolute Gasteiger partial charge is 0.416 e. The second kappa shape index (κ2) is 8.51. The van der Waals surface area contributed by atoms with Crippen molar-refractivity contribution in [3.63, 3.8) is 0 Å². The van der Waals surface area contributed by atoms with Crippen LogP contribution < -0.4 is 5.73 Å². The lowest BCUT2D eigenvalue weighted by Gasteiger charge is -2.38. The standard InChI is InChI=1S/C20H26F3N3O2/c21-20(22,23)17-7-5-16(6-8-17)19(28)26-11-9-25(10-12-26)18(27)15-3-1-14(13-24)2-4-15/h5-8,14-15H,1-4,9-13,24H2. The first-order chi connectivity index (χ1) is 13.3. The molecule has 0 aromatic heterocycles. The zero-order valence-corrected chi connectivity index (χ0v) is 15.8. The highest BCUT2D eigenvalue weighted by Gasteiger charge is 2.33. The highest BCUT2D eigenvalue weighted by Crippen LogP contribution is 2.30. The maximum Gasteiger partial charge on any atom is 0.416 e. The minimum atomic E-state index is -4.42. The summed E-state index contributed by atoms with van der Waals surface area (Å²) in [4.78, 5) is 28.7. The van der Waals surface area contributed by atoms with E-state index in [2.05, 4.69) is 0 Å². The number of rotatable bonds is 3. The molecule has 1 heterocycles. The van der Waals surface area contributed by atoms with Gasteiger partial charge in [0.15, 0.2) is 0 Å². The van der Waals surface area contributed by atoms with Gasteiger partial charge in [-0.25, -0.2) is 0 Å². The van der Waals surface area contributed by atoms with Crippen molar-refractivity contribution in [1.82, 2.24) is 9.80 Å². The summed E-state index contributed by atoms with van der Waals surface area (Å²) in [6.07, 6.45) is -0.716. The summed E-state index contributed by atoms with van der Waals surface area (Å²) in [5.74, 6) is 0.406. The summed E-state index contributed by atoms with van der Waals surface area (Å²) < 4.78 is 38.0. The van der Waals surface area contributed by atoms with Crippen LogP contribution in [0.5, 0.6) is 0 Å². The van der Waals surface area contributed by atoms with Crippen molar-refractivity contribution in [3.05, 3.63) is 35.4 Å². The van der Waals surface area contributed by atoms with Crippen LogP contribution in [-0.2, 0) is 11.0 Å². The van der Waals surface area contributed by atoms with E-state index in [1.54, 1.807) is 4.90 Å². The molecule has 2 amide bonds. The van der Waals surface area contributed by atoms with Crippen molar-refractivity contribution in [3.8, 4) is 0 Å². The zero-order valence-electron chi connectivity index (χ0n) is 15.8. The molecule has 2 fully saturated rings. The number of nitrogens with two attached hydrogens (primary N) is 1. The second-order valence-corrected chi connectivity index (χ2v) is 7.65. The third-order valence-corrected chi connectivity index (χ3v) is 5.87. The first-order valence-corrected chi connectivity index (χ1v) is 9.75. The maximum atomic E-state index is 12.7. The third-order valence-electron chi connectivity index (χ3n) is 5.87. The molecule has 1 saturated heterocycles. The molecule has 3 rings (SSSR count). The van der Waals surface area contributed by atoms with Gasteiger partial charge in [0.1, 0.15) is 0 Å². The second-order valence-electron chi connectivity index (χ2n) is 7.65. The lowest BCUT2D eigenvalue weighted by atomic mass is 9.81. The highest BCUT2D eigenvalue weighted by molar-refractivity contribution is 5.94. The average Bonchev–Trinajstić information content (AvgIpc) is 2.72. The van der Waals surface area contributed by atoms with Crippen LogP contribution in [0.15, 0.2) is 24.3 Å². The Morgan fingerprint density at radius 1 is 0.929 bits per heavy atom. The molecule has 0 unspecified atom stereocenters. The van der Waals surface area contributed by atoms with Crippen LogP contribution in [0.1, 0.15) is 41.6 Å². The van der Waals surface area contributed by atoms with Gasteiger partial charge < -0.3 is 15.5 Å². The first kappa shape index (κ1) is 20.6. The molecule has 0 radical (unpaired) electrons. The molecule has 1 aromatic carbocycles. The van der Waals surface area contributed by atoms with E-state index in [1.807, 2.05) is 4.90 Å². The maximum absolute atomic E-state index is 12.7. The third kappa shape index (κ3) is 4.66. The van der Waals surface area contributed by atoms with Gasteiger partial charge in [-0.05, 0) is 62.4 Å². The molecule has 2 N–H and O–H groups in total. The first-order valence-electron chi connectivity index (χ1n) is 9.75. The smallest absolute Gasteiger partial charge is 0.339 e. The van der Waals surface area contributed by atoms with Crippen LogP contribution in [0, 0.1) is 11.8 Å². The molecule has 8 heteroatoms. The molecule has 5 nitrogen and oxygen atoms in total. The SMILES string of the molecule is NCC1CCC(C(=O)N2CCN(C(=O)c3ccc(C(F)(F)F)cc3)CC2)CC1. The Kier molecular flexibility index (Phi) is 6.27. The molecule has 1 aliphatic carbocycles. The van der Waals surface area contributed by atoms with Gasteiger partial charge in [0.2, 0.25) is 5.91 Å². The topological polar surface area (TPSA) is 66.6 Å². The van der Waals surface area contributed by atoms with E-state index in [9.17, 15) is 22.8 Å². The molecule has 0 atom stereocenters. The van der Waals surface area contributed by atoms with E-state index in [-0.39, 0.29) is 23.3 Å². The normalized spacial score (nSPS) is 23.6. The number of nitrogens with zero attached hydrogens (tertiary/aromatic N) is 2. The van der Waals surface area contributed by atoms with Gasteiger partial charge in [-0.1, -0.05) is 0 Å². The number of hydrogen-bond donors (Lipinski definition) is 1. The molecule has 1 aliphatic heterocycles. The Labute approximate surface area is 162 Å². The fourth-order valence-corrected chi connectivity index (χ4v) is 4.02. The Morgan fingerprint density at radius 2 is 1.46 bits per heavy atom. The lowest BCUT2D eigenvalue weighted by Crippen LogP contribution is -2.52. The summed E-state index contributed by atoms with van der Waals surface area (Å²) in [5.41, 5.74) is 5.16. The van der Waals surface area contributed by atoms with Gasteiger partial charge in [-0.15, -0.1) is 0 Å². The number of carbonyl (C=O) groups excluding carboxylic acids is 2. The monoisotopic (exact) mass is 397 g/mol. The molecular weight excluding hydrogens is 371 g/mol. The molecule has 1 saturated carbocycles. The van der Waals surface area contributed by atoms with E-state index in [0.29, 0.717) is 38.6 Å². The van der Waals surface area contributed by atoms with Crippen LogP contribution in [0.4, 0.5) is 13.2 Å². The van der Waals surface area contributed by atoms with E-state index < -0.39 is 11.7 Å². The lowest BCUT2D eigenvalue weighted by molar-refractivity contribution is -0.138. The number of halogens is 3. The van der Waals surface area contributed by atoms with Crippen molar-refractivity contribution in [2.45, 2.75) is 31.9 Å². The summed E-state index contributed by atoms with van der Waals surface area (Å²) in [6.45, 7) is 2.38. The quantitative estimate of drug-likeness (QED) is 0.853. The van der Waals surface area contributed by atoms with Gasteiger partial charge in [0.05, 0.1) is 5.56 Å². The molecule has 0 spiro atoms. The van der Waals surface area contributed by atoms with Gasteiger partial charge in [-0.3, -0.25) is 9.59 Å². The molecule has 0 bridgehead atoms. The highest BCUT2D eigenvalue weighted by atomic mass is 19.4. The minimum Gasteiger partial charge on any atom is -0.339 e. The number of carbonyl (C=O) groups is 2. The summed E-state index contributed by atoms with van der Waals surface area (Å²) in [6, 6.07) is 4.26. The van der Waals surface area contributed by atoms with Crippen LogP contribution in [0.3, 0.4) is 0 Å². The molecule has 28 heavy (non-hydrogen) atoms. The molecular formula is C20H26F3N3O2. The molecule has 1 aromatic rings. The fraction of sp³-hybridized carbons (Fsp3) is 0.600. The van der Waals surface area contributed by atoms with E-state index in [1.165, 1.54) is 12.1 Å². The van der Waals surface area contributed by atoms with Crippen LogP contribution in [0.2, 0.25) is 0 Å². The number of hydrogen-bond acceptors (Lipinski definition) is 3. The Hall–Kier alpha value is -2.09. The van der Waals surface area contributed by atoms with Crippen LogP contribution in [-0.4, -0.2) is 54.3 Å². The number of piperazine rings is 1. The van der Waals surface area contributed by atoms with E-state index >= 15 is 0 Å². The number of amides is 2. The van der Waals surface area contributed by atoms with E-state index in [4.69, 9.17) is 5.73 Å². The molecule has 154 valence electrons. The van der Waals surface area contributed by atoms with Gasteiger partial charge >= 0.3 is 6.18 Å². The average molecular weight is 397 g/mol. The fourth-order valence-electron chi connectivity index (χ4n) is 4.02. The van der Waals surface area contributed by atoms with E-state index in [0.717, 1.165) is 37.8 Å². The van der Waals surface area contributed by atoms with Crippen LogP contribution in [0.25, 0.3) is 0 Å². The summed E-state index contributed by atoms with van der Waals surface area (Å²) in [5, 5.41) is 0. The Morgan fingerprint density at radius 3 is 1.96 bits per heavy atom. The number of alkyl halides is 3. The van der Waals surface area contributed by atoms with Crippen molar-refractivity contribution in [2.75, 3.05) is 32.7 Å². The summed E-state index contributed by atoms with van der Waals surface area (Å²) >= 11 is 0.